The van der Waals surface area contributed by atoms with Crippen molar-refractivity contribution in [2.45, 2.75) is 19.9 Å². The fraction of sp³-hybridized carbons (Fsp3) is 0.273. The number of rotatable bonds is 3. The molecule has 0 saturated carbocycles. The largest absolute Gasteiger partial charge is 0.368 e. The van der Waals surface area contributed by atoms with Gasteiger partial charge in [-0.15, -0.1) is 11.3 Å². The first-order valence-corrected chi connectivity index (χ1v) is 6.60. The molecule has 0 aliphatic rings. The van der Waals surface area contributed by atoms with E-state index in [1.54, 1.807) is 17.7 Å². The van der Waals surface area contributed by atoms with Gasteiger partial charge in [-0.25, -0.2) is 9.97 Å². The van der Waals surface area contributed by atoms with Crippen LogP contribution in [-0.2, 0) is 0 Å². The van der Waals surface area contributed by atoms with Crippen LogP contribution >= 0.6 is 11.3 Å². The van der Waals surface area contributed by atoms with Crippen LogP contribution in [0.15, 0.2) is 12.5 Å². The number of aromatic amines is 1. The van der Waals surface area contributed by atoms with Crippen LogP contribution in [0.2, 0.25) is 0 Å². The van der Waals surface area contributed by atoms with Gasteiger partial charge in [0, 0.05) is 11.1 Å². The van der Waals surface area contributed by atoms with E-state index < -0.39 is 0 Å². The summed E-state index contributed by atoms with van der Waals surface area (Å²) in [4.78, 5) is 20.9. The van der Waals surface area contributed by atoms with E-state index in [0.29, 0.717) is 11.5 Å². The number of nitrogens with two attached hydrogens (primary N) is 1. The molecule has 98 valence electrons. The number of aromatic nitrogens is 5. The zero-order chi connectivity index (χ0) is 13.4. The molecule has 4 N–H and O–H groups in total. The number of thiazole rings is 1. The van der Waals surface area contributed by atoms with Gasteiger partial charge in [0.2, 0.25) is 5.95 Å². The van der Waals surface area contributed by atoms with Crippen LogP contribution in [-0.4, -0.2) is 24.9 Å². The van der Waals surface area contributed by atoms with Gasteiger partial charge < -0.3 is 16.0 Å². The van der Waals surface area contributed by atoms with Crippen LogP contribution in [0, 0.1) is 6.92 Å². The zero-order valence-corrected chi connectivity index (χ0v) is 11.3. The second-order valence-corrected chi connectivity index (χ2v) is 5.47. The molecule has 3 aromatic heterocycles. The second-order valence-electron chi connectivity index (χ2n) is 4.21. The van der Waals surface area contributed by atoms with Crippen LogP contribution in [0.4, 0.5) is 11.8 Å². The lowest BCUT2D eigenvalue weighted by molar-refractivity contribution is 0.862. The highest BCUT2D eigenvalue weighted by molar-refractivity contribution is 7.11. The number of fused-ring (bicyclic) bond motifs is 1. The summed E-state index contributed by atoms with van der Waals surface area (Å²) in [5.74, 6) is 0.838. The maximum atomic E-state index is 5.67. The molecule has 0 saturated heterocycles. The molecular formula is C11H13N7S. The highest BCUT2D eigenvalue weighted by Gasteiger charge is 2.14. The fourth-order valence-corrected chi connectivity index (χ4v) is 2.57. The molecule has 0 aliphatic carbocycles. The summed E-state index contributed by atoms with van der Waals surface area (Å²) in [6, 6.07) is 0.0412. The number of nitrogens with one attached hydrogen (secondary N) is 2. The Kier molecular flexibility index (Phi) is 2.79. The topological polar surface area (TPSA) is 105 Å². The Bertz CT molecular complexity index is 717. The summed E-state index contributed by atoms with van der Waals surface area (Å²) in [6.07, 6.45) is 3.43. The van der Waals surface area contributed by atoms with E-state index in [4.69, 9.17) is 5.73 Å². The van der Waals surface area contributed by atoms with Crippen LogP contribution in [0.5, 0.6) is 0 Å². The lowest BCUT2D eigenvalue weighted by Gasteiger charge is -2.12. The summed E-state index contributed by atoms with van der Waals surface area (Å²) in [6.45, 7) is 4.06. The molecule has 1 unspecified atom stereocenters. The molecular weight excluding hydrogens is 262 g/mol. The van der Waals surface area contributed by atoms with E-state index >= 15 is 0 Å². The van der Waals surface area contributed by atoms with Crippen LogP contribution in [0.25, 0.3) is 11.2 Å². The zero-order valence-electron chi connectivity index (χ0n) is 10.5. The van der Waals surface area contributed by atoms with Crippen molar-refractivity contribution in [1.29, 1.82) is 0 Å². The van der Waals surface area contributed by atoms with Crippen molar-refractivity contribution in [3.63, 3.8) is 0 Å². The lowest BCUT2D eigenvalue weighted by Crippen LogP contribution is -2.09. The number of hydrogen-bond donors (Lipinski definition) is 3. The number of aryl methyl sites for hydroxylation is 1. The average Bonchev–Trinajstić information content (AvgIpc) is 2.97. The number of hydrogen-bond acceptors (Lipinski definition) is 7. The Morgan fingerprint density at radius 2 is 2.21 bits per heavy atom. The third-order valence-electron chi connectivity index (χ3n) is 2.67. The van der Waals surface area contributed by atoms with Crippen molar-refractivity contribution in [3.8, 4) is 0 Å². The third kappa shape index (κ3) is 2.22. The Labute approximate surface area is 113 Å². The van der Waals surface area contributed by atoms with Gasteiger partial charge in [0.1, 0.15) is 10.5 Å². The summed E-state index contributed by atoms with van der Waals surface area (Å²) < 4.78 is 0. The Balaban J connectivity index is 1.94. The molecule has 8 heteroatoms. The Morgan fingerprint density at radius 1 is 1.37 bits per heavy atom. The van der Waals surface area contributed by atoms with Crippen LogP contribution < -0.4 is 11.1 Å². The number of nitrogens with zero attached hydrogens (tertiary/aromatic N) is 4. The van der Waals surface area contributed by atoms with E-state index in [2.05, 4.69) is 30.2 Å². The molecule has 0 fully saturated rings. The molecule has 0 bridgehead atoms. The smallest absolute Gasteiger partial charge is 0.224 e. The monoisotopic (exact) mass is 275 g/mol. The second kappa shape index (κ2) is 4.47. The molecule has 3 aromatic rings. The molecule has 19 heavy (non-hydrogen) atoms. The molecule has 3 heterocycles. The first kappa shape index (κ1) is 11.8. The minimum atomic E-state index is 0.0412. The van der Waals surface area contributed by atoms with Gasteiger partial charge in [-0.3, -0.25) is 0 Å². The fourth-order valence-electron chi connectivity index (χ4n) is 1.79. The van der Waals surface area contributed by atoms with Crippen molar-refractivity contribution in [3.05, 3.63) is 22.4 Å². The van der Waals surface area contributed by atoms with Gasteiger partial charge in [0.05, 0.1) is 12.4 Å². The van der Waals surface area contributed by atoms with Crippen molar-refractivity contribution >= 4 is 34.3 Å². The van der Waals surface area contributed by atoms with Gasteiger partial charge >= 0.3 is 0 Å². The van der Waals surface area contributed by atoms with E-state index in [-0.39, 0.29) is 12.0 Å². The van der Waals surface area contributed by atoms with Crippen molar-refractivity contribution in [2.75, 3.05) is 11.1 Å². The van der Waals surface area contributed by atoms with Crippen molar-refractivity contribution < 1.29 is 0 Å². The van der Waals surface area contributed by atoms with Gasteiger partial charge in [-0.1, -0.05) is 0 Å². The third-order valence-corrected chi connectivity index (χ3v) is 3.76. The van der Waals surface area contributed by atoms with E-state index in [1.807, 2.05) is 20.0 Å². The van der Waals surface area contributed by atoms with Gasteiger partial charge in [-0.2, -0.15) is 9.97 Å². The minimum Gasteiger partial charge on any atom is -0.368 e. The molecule has 7 nitrogen and oxygen atoms in total. The van der Waals surface area contributed by atoms with Crippen LogP contribution in [0.1, 0.15) is 22.9 Å². The first-order chi connectivity index (χ1) is 9.13. The van der Waals surface area contributed by atoms with Crippen molar-refractivity contribution in [1.82, 2.24) is 24.9 Å². The predicted octanol–water partition coefficient (Wildman–Crippen LogP) is 1.87. The SMILES string of the molecule is Cc1cnc(C(C)Nc2nc(N)nc3nc[nH]c23)s1. The molecule has 0 radical (unpaired) electrons. The van der Waals surface area contributed by atoms with Crippen LogP contribution in [0.3, 0.4) is 0 Å². The number of anilines is 2. The Morgan fingerprint density at radius 3 is 2.95 bits per heavy atom. The highest BCUT2D eigenvalue weighted by Crippen LogP contribution is 2.25. The summed E-state index contributed by atoms with van der Waals surface area (Å²) in [5.41, 5.74) is 6.97. The molecule has 3 rings (SSSR count). The molecule has 0 aromatic carbocycles. The number of imidazole rings is 1. The summed E-state index contributed by atoms with van der Waals surface area (Å²) in [5, 5.41) is 4.29. The normalized spacial score (nSPS) is 12.7. The van der Waals surface area contributed by atoms with Gasteiger partial charge in [0.15, 0.2) is 11.5 Å². The quantitative estimate of drug-likeness (QED) is 0.674. The average molecular weight is 275 g/mol. The highest BCUT2D eigenvalue weighted by atomic mass is 32.1. The summed E-state index contributed by atoms with van der Waals surface area (Å²) >= 11 is 1.65. The summed E-state index contributed by atoms with van der Waals surface area (Å²) in [7, 11) is 0. The Hall–Kier alpha value is -2.22. The standard InChI is InChI=1S/C11H13N7S/c1-5-3-13-10(19-5)6(2)16-9-7-8(15-4-14-7)17-11(12)18-9/h3-4,6H,1-2H3,(H4,12,14,15,16,17,18). The molecule has 0 amide bonds. The lowest BCUT2D eigenvalue weighted by atomic mass is 10.3. The maximum absolute atomic E-state index is 5.67. The molecule has 0 aliphatic heterocycles. The molecule has 0 spiro atoms. The van der Waals surface area contributed by atoms with Crippen molar-refractivity contribution in [2.24, 2.45) is 0 Å². The van der Waals surface area contributed by atoms with E-state index in [0.717, 1.165) is 10.5 Å². The predicted molar refractivity (Wildman–Crippen MR) is 75.0 cm³/mol. The number of nitrogen functional groups attached to an aromatic ring is 1. The molecule has 1 atom stereocenters. The van der Waals surface area contributed by atoms with Gasteiger partial charge in [-0.05, 0) is 13.8 Å². The van der Waals surface area contributed by atoms with E-state index in [1.165, 1.54) is 4.88 Å². The minimum absolute atomic E-state index is 0.0412. The van der Waals surface area contributed by atoms with E-state index in [9.17, 15) is 0 Å². The van der Waals surface area contributed by atoms with Gasteiger partial charge in [0.25, 0.3) is 0 Å². The maximum Gasteiger partial charge on any atom is 0.224 e. The first-order valence-electron chi connectivity index (χ1n) is 5.79. The number of H-pyrrole nitrogens is 1.